The van der Waals surface area contributed by atoms with Gasteiger partial charge in [-0.05, 0) is 37.5 Å². The molecular formula is C18H27IN4O3S. The number of halogens is 1. The molecule has 3 fully saturated rings. The Morgan fingerprint density at radius 2 is 1.81 bits per heavy atom. The summed E-state index contributed by atoms with van der Waals surface area (Å²) in [6.07, 6.45) is 3.26. The van der Waals surface area contributed by atoms with Crippen molar-refractivity contribution in [1.29, 1.82) is 0 Å². The molecule has 2 bridgehead atoms. The number of nitrogens with one attached hydrogen (secondary N) is 1. The summed E-state index contributed by atoms with van der Waals surface area (Å²) in [5, 5.41) is 8.53. The molecule has 9 heteroatoms. The van der Waals surface area contributed by atoms with E-state index in [1.54, 1.807) is 12.1 Å². The molecule has 0 amide bonds. The fourth-order valence-corrected chi connectivity index (χ4v) is 5.02. The second kappa shape index (κ2) is 8.22. The van der Waals surface area contributed by atoms with E-state index in [4.69, 9.17) is 14.9 Å². The summed E-state index contributed by atoms with van der Waals surface area (Å²) in [4.78, 5) is 7.24. The van der Waals surface area contributed by atoms with Crippen molar-refractivity contribution in [3.8, 4) is 0 Å². The number of nitrogens with zero attached hydrogens (tertiary/aromatic N) is 2. The summed E-state index contributed by atoms with van der Waals surface area (Å²) in [6, 6.07) is 6.59. The molecule has 4 unspecified atom stereocenters. The van der Waals surface area contributed by atoms with Crippen molar-refractivity contribution in [2.45, 2.75) is 43.4 Å². The van der Waals surface area contributed by atoms with E-state index in [2.05, 4.69) is 17.1 Å². The molecule has 0 aromatic heterocycles. The first-order valence-corrected chi connectivity index (χ1v) is 10.8. The molecule has 0 saturated carbocycles. The van der Waals surface area contributed by atoms with Gasteiger partial charge in [-0.1, -0.05) is 12.1 Å². The Labute approximate surface area is 177 Å². The molecule has 4 atom stereocenters. The number of likely N-dealkylation sites (tertiary alicyclic amines) is 1. The number of hydrogen-bond donors (Lipinski definition) is 2. The van der Waals surface area contributed by atoms with Gasteiger partial charge in [-0.2, -0.15) is 0 Å². The number of guanidine groups is 1. The van der Waals surface area contributed by atoms with Crippen LogP contribution in [-0.2, 0) is 21.3 Å². The highest BCUT2D eigenvalue weighted by Gasteiger charge is 2.53. The number of hydrogen-bond acceptors (Lipinski definition) is 4. The first-order chi connectivity index (χ1) is 12.5. The number of fused-ring (bicyclic) bond motifs is 5. The third-order valence-electron chi connectivity index (χ3n) is 5.75. The Hall–Kier alpha value is -0.910. The van der Waals surface area contributed by atoms with E-state index in [0.717, 1.165) is 31.2 Å². The van der Waals surface area contributed by atoms with Crippen LogP contribution < -0.4 is 10.5 Å². The summed E-state index contributed by atoms with van der Waals surface area (Å²) in [7, 11) is -3.65. The lowest BCUT2D eigenvalue weighted by molar-refractivity contribution is 0.0767. The van der Waals surface area contributed by atoms with Crippen molar-refractivity contribution in [2.24, 2.45) is 22.0 Å². The second-order valence-corrected chi connectivity index (χ2v) is 8.94. The van der Waals surface area contributed by atoms with Crippen LogP contribution >= 0.6 is 24.0 Å². The quantitative estimate of drug-likeness (QED) is 0.367. The number of primary sulfonamides is 1. The topological polar surface area (TPSA) is 97.0 Å². The third kappa shape index (κ3) is 4.25. The van der Waals surface area contributed by atoms with Gasteiger partial charge in [-0.25, -0.2) is 18.5 Å². The van der Waals surface area contributed by atoms with Crippen LogP contribution in [0, 0.1) is 11.8 Å². The molecule has 0 aliphatic carbocycles. The Morgan fingerprint density at radius 1 is 1.22 bits per heavy atom. The molecule has 0 spiro atoms. The van der Waals surface area contributed by atoms with E-state index >= 15 is 0 Å². The van der Waals surface area contributed by atoms with Gasteiger partial charge in [0.15, 0.2) is 5.96 Å². The number of benzene rings is 1. The highest BCUT2D eigenvalue weighted by molar-refractivity contribution is 14.0. The highest BCUT2D eigenvalue weighted by atomic mass is 127. The minimum absolute atomic E-state index is 0. The van der Waals surface area contributed by atoms with Crippen LogP contribution in [-0.4, -0.2) is 51.1 Å². The minimum atomic E-state index is -3.65. The van der Waals surface area contributed by atoms with Crippen LogP contribution in [0.1, 0.15) is 25.3 Å². The fourth-order valence-electron chi connectivity index (χ4n) is 4.51. The lowest BCUT2D eigenvalue weighted by Gasteiger charge is -2.23. The zero-order valence-corrected chi connectivity index (χ0v) is 18.5. The van der Waals surface area contributed by atoms with Crippen molar-refractivity contribution < 1.29 is 13.2 Å². The van der Waals surface area contributed by atoms with E-state index in [1.807, 2.05) is 0 Å². The maximum atomic E-state index is 11.3. The first kappa shape index (κ1) is 20.8. The summed E-state index contributed by atoms with van der Waals surface area (Å²) in [5.41, 5.74) is 0.954. The molecule has 3 N–H and O–H groups in total. The number of nitrogens with two attached hydrogens (primary N) is 1. The van der Waals surface area contributed by atoms with Crippen molar-refractivity contribution >= 4 is 40.0 Å². The molecule has 0 radical (unpaired) electrons. The zero-order valence-electron chi connectivity index (χ0n) is 15.4. The van der Waals surface area contributed by atoms with Crippen molar-refractivity contribution in [3.05, 3.63) is 29.8 Å². The second-order valence-electron chi connectivity index (χ2n) is 7.38. The highest BCUT2D eigenvalue weighted by Crippen LogP contribution is 2.47. The Bertz CT molecular complexity index is 781. The Morgan fingerprint density at radius 3 is 2.33 bits per heavy atom. The smallest absolute Gasteiger partial charge is 0.238 e. The SMILES string of the molecule is CCNC(=NCc1ccc(S(N)(=O)=O)cc1)N1CC2C3CCC(O3)C2C1.I. The van der Waals surface area contributed by atoms with Gasteiger partial charge in [0.05, 0.1) is 23.6 Å². The molecule has 3 heterocycles. The number of sulfonamides is 1. The van der Waals surface area contributed by atoms with Crippen LogP contribution in [0.2, 0.25) is 0 Å². The average molecular weight is 506 g/mol. The minimum Gasteiger partial charge on any atom is -0.374 e. The number of ether oxygens (including phenoxy) is 1. The van der Waals surface area contributed by atoms with Gasteiger partial charge in [-0.3, -0.25) is 0 Å². The molecule has 1 aromatic rings. The van der Waals surface area contributed by atoms with Gasteiger partial charge < -0.3 is 15.0 Å². The summed E-state index contributed by atoms with van der Waals surface area (Å²) in [5.74, 6) is 2.19. The largest absolute Gasteiger partial charge is 0.374 e. The first-order valence-electron chi connectivity index (χ1n) is 9.26. The molecule has 7 nitrogen and oxygen atoms in total. The molecule has 3 aliphatic rings. The maximum absolute atomic E-state index is 11.3. The number of aliphatic imine (C=N–C) groups is 1. The van der Waals surface area contributed by atoms with Crippen LogP contribution in [0.5, 0.6) is 0 Å². The Kier molecular flexibility index (Phi) is 6.34. The van der Waals surface area contributed by atoms with E-state index in [-0.39, 0.29) is 28.9 Å². The van der Waals surface area contributed by atoms with Gasteiger partial charge >= 0.3 is 0 Å². The third-order valence-corrected chi connectivity index (χ3v) is 6.68. The predicted molar refractivity (Wildman–Crippen MR) is 114 cm³/mol. The molecule has 1 aromatic carbocycles. The molecule has 27 heavy (non-hydrogen) atoms. The molecule has 4 rings (SSSR count). The maximum Gasteiger partial charge on any atom is 0.238 e. The predicted octanol–water partition coefficient (Wildman–Crippen LogP) is 1.53. The monoisotopic (exact) mass is 506 g/mol. The van der Waals surface area contributed by atoms with E-state index in [1.165, 1.54) is 25.0 Å². The van der Waals surface area contributed by atoms with Crippen molar-refractivity contribution in [3.63, 3.8) is 0 Å². The summed E-state index contributed by atoms with van der Waals surface area (Å²) in [6.45, 7) is 5.39. The Balaban J connectivity index is 0.00000210. The van der Waals surface area contributed by atoms with E-state index in [9.17, 15) is 8.42 Å². The number of rotatable bonds is 4. The lowest BCUT2D eigenvalue weighted by Crippen LogP contribution is -2.41. The molecular weight excluding hydrogens is 479 g/mol. The van der Waals surface area contributed by atoms with Crippen LogP contribution in [0.3, 0.4) is 0 Å². The van der Waals surface area contributed by atoms with Crippen LogP contribution in [0.15, 0.2) is 34.2 Å². The van der Waals surface area contributed by atoms with Gasteiger partial charge in [0.1, 0.15) is 0 Å². The molecule has 3 saturated heterocycles. The van der Waals surface area contributed by atoms with Gasteiger partial charge in [0, 0.05) is 31.5 Å². The molecule has 150 valence electrons. The van der Waals surface area contributed by atoms with Crippen molar-refractivity contribution in [2.75, 3.05) is 19.6 Å². The fraction of sp³-hybridized carbons (Fsp3) is 0.611. The average Bonchev–Trinajstić information content (AvgIpc) is 3.30. The van der Waals surface area contributed by atoms with Crippen LogP contribution in [0.25, 0.3) is 0 Å². The van der Waals surface area contributed by atoms with Gasteiger partial charge in [-0.15, -0.1) is 24.0 Å². The van der Waals surface area contributed by atoms with Crippen molar-refractivity contribution in [1.82, 2.24) is 10.2 Å². The van der Waals surface area contributed by atoms with Gasteiger partial charge in [0.2, 0.25) is 10.0 Å². The summed E-state index contributed by atoms with van der Waals surface area (Å²) >= 11 is 0. The zero-order chi connectivity index (χ0) is 18.3. The standard InChI is InChI=1S/C18H26N4O3S.HI/c1-2-20-18(21-9-12-3-5-13(6-4-12)26(19,23)24)22-10-14-15(11-22)17-8-7-16(14)25-17;/h3-6,14-17H,2,7-11H2,1H3,(H,20,21)(H2,19,23,24);1H. The normalized spacial score (nSPS) is 29.6. The lowest BCUT2D eigenvalue weighted by atomic mass is 9.82. The van der Waals surface area contributed by atoms with Crippen LogP contribution in [0.4, 0.5) is 0 Å². The summed E-state index contributed by atoms with van der Waals surface area (Å²) < 4.78 is 28.7. The van der Waals surface area contributed by atoms with E-state index in [0.29, 0.717) is 30.6 Å². The van der Waals surface area contributed by atoms with E-state index < -0.39 is 10.0 Å². The van der Waals surface area contributed by atoms with Gasteiger partial charge in [0.25, 0.3) is 0 Å². The molecule has 3 aliphatic heterocycles.